The number of thioether (sulfide) groups is 1. The second-order valence-electron chi connectivity index (χ2n) is 9.00. The van der Waals surface area contributed by atoms with Crippen molar-refractivity contribution in [2.75, 3.05) is 44.9 Å². The van der Waals surface area contributed by atoms with Crippen molar-refractivity contribution in [2.24, 2.45) is 5.92 Å². The molecular formula is C26H34N4O5S2. The molecule has 2 saturated heterocycles. The van der Waals surface area contributed by atoms with E-state index in [0.717, 1.165) is 12.8 Å². The van der Waals surface area contributed by atoms with Gasteiger partial charge in [-0.15, -0.1) is 0 Å². The summed E-state index contributed by atoms with van der Waals surface area (Å²) in [6, 6.07) is 2.08. The number of pyridine rings is 1. The minimum absolute atomic E-state index is 0.0716. The van der Waals surface area contributed by atoms with E-state index in [1.807, 2.05) is 6.92 Å². The Bertz CT molecular complexity index is 1180. The zero-order valence-electron chi connectivity index (χ0n) is 21.9. The SMILES string of the molecule is CCCCn1c(N2CCC(C(=O)OCC)CC2)c(/C=C2\SC(=S)N(CCOC)C2=O)c(C)c(C#N)c1=O. The van der Waals surface area contributed by atoms with E-state index in [4.69, 9.17) is 21.7 Å². The number of carbonyl (C=O) groups is 2. The van der Waals surface area contributed by atoms with E-state index in [1.165, 1.54) is 16.7 Å². The highest BCUT2D eigenvalue weighted by Crippen LogP contribution is 2.36. The molecular weight excluding hydrogens is 512 g/mol. The van der Waals surface area contributed by atoms with Gasteiger partial charge in [0.15, 0.2) is 0 Å². The molecule has 0 bridgehead atoms. The zero-order valence-corrected chi connectivity index (χ0v) is 23.5. The van der Waals surface area contributed by atoms with E-state index in [-0.39, 0.29) is 28.9 Å². The van der Waals surface area contributed by atoms with Crippen LogP contribution in [-0.2, 0) is 25.6 Å². The van der Waals surface area contributed by atoms with Crippen LogP contribution in [0.5, 0.6) is 0 Å². The molecule has 2 fully saturated rings. The third-order valence-electron chi connectivity index (χ3n) is 6.66. The number of anilines is 1. The van der Waals surface area contributed by atoms with Crippen LogP contribution < -0.4 is 10.5 Å². The number of carbonyl (C=O) groups excluding carboxylic acids is 2. The monoisotopic (exact) mass is 546 g/mol. The minimum Gasteiger partial charge on any atom is -0.466 e. The molecule has 0 spiro atoms. The average molecular weight is 547 g/mol. The van der Waals surface area contributed by atoms with Crippen LogP contribution in [0.15, 0.2) is 9.70 Å². The molecule has 1 aromatic heterocycles. The Kier molecular flexibility index (Phi) is 10.3. The van der Waals surface area contributed by atoms with E-state index in [2.05, 4.69) is 11.0 Å². The average Bonchev–Trinajstić information content (AvgIpc) is 3.15. The topological polar surface area (TPSA) is 105 Å². The van der Waals surface area contributed by atoms with Crippen LogP contribution in [0, 0.1) is 24.2 Å². The first-order valence-electron chi connectivity index (χ1n) is 12.6. The number of aromatic nitrogens is 1. The van der Waals surface area contributed by atoms with Crippen LogP contribution in [0.2, 0.25) is 0 Å². The lowest BCUT2D eigenvalue weighted by Gasteiger charge is -2.35. The molecule has 1 amide bonds. The van der Waals surface area contributed by atoms with Gasteiger partial charge in [0.2, 0.25) is 0 Å². The fraction of sp³-hybridized carbons (Fsp3) is 0.577. The number of methoxy groups -OCH3 is 1. The molecule has 3 heterocycles. The fourth-order valence-corrected chi connectivity index (χ4v) is 5.89. The molecule has 0 N–H and O–H groups in total. The van der Waals surface area contributed by atoms with Gasteiger partial charge in [0.25, 0.3) is 11.5 Å². The van der Waals surface area contributed by atoms with Gasteiger partial charge in [-0.2, -0.15) is 5.26 Å². The number of amides is 1. The van der Waals surface area contributed by atoms with Gasteiger partial charge in [0.05, 0.1) is 30.6 Å². The summed E-state index contributed by atoms with van der Waals surface area (Å²) in [5.41, 5.74) is 0.933. The molecule has 200 valence electrons. The minimum atomic E-state index is -0.333. The summed E-state index contributed by atoms with van der Waals surface area (Å²) in [6.45, 7) is 8.20. The smallest absolute Gasteiger partial charge is 0.309 e. The number of ether oxygens (including phenoxy) is 2. The number of piperidine rings is 1. The molecule has 3 rings (SSSR count). The van der Waals surface area contributed by atoms with Crippen molar-refractivity contribution in [3.8, 4) is 6.07 Å². The van der Waals surface area contributed by atoms with Crippen LogP contribution in [0.4, 0.5) is 5.82 Å². The molecule has 2 aliphatic rings. The van der Waals surface area contributed by atoms with Gasteiger partial charge in [-0.05, 0) is 44.7 Å². The van der Waals surface area contributed by atoms with Gasteiger partial charge < -0.3 is 14.4 Å². The summed E-state index contributed by atoms with van der Waals surface area (Å²) in [7, 11) is 1.57. The number of esters is 1. The van der Waals surface area contributed by atoms with Gasteiger partial charge in [-0.1, -0.05) is 37.3 Å². The number of nitrogens with zero attached hydrogens (tertiary/aromatic N) is 4. The predicted molar refractivity (Wildman–Crippen MR) is 148 cm³/mol. The van der Waals surface area contributed by atoms with Crippen molar-refractivity contribution in [1.82, 2.24) is 9.47 Å². The van der Waals surface area contributed by atoms with Gasteiger partial charge >= 0.3 is 5.97 Å². The summed E-state index contributed by atoms with van der Waals surface area (Å²) in [5, 5.41) is 9.85. The molecule has 11 heteroatoms. The molecule has 0 unspecified atom stereocenters. The molecule has 0 aromatic carbocycles. The van der Waals surface area contributed by atoms with Crippen LogP contribution in [0.3, 0.4) is 0 Å². The first kappa shape index (κ1) is 28.9. The quantitative estimate of drug-likeness (QED) is 0.248. The van der Waals surface area contributed by atoms with Crippen LogP contribution >= 0.6 is 24.0 Å². The van der Waals surface area contributed by atoms with Crippen LogP contribution in [-0.4, -0.2) is 65.6 Å². The van der Waals surface area contributed by atoms with E-state index in [1.54, 1.807) is 31.6 Å². The lowest BCUT2D eigenvalue weighted by atomic mass is 9.95. The molecule has 1 aromatic rings. The zero-order chi connectivity index (χ0) is 27.1. The number of hydrogen-bond acceptors (Lipinski definition) is 9. The summed E-state index contributed by atoms with van der Waals surface area (Å²) in [6.07, 6.45) is 4.59. The third-order valence-corrected chi connectivity index (χ3v) is 8.04. The van der Waals surface area contributed by atoms with Gasteiger partial charge in [-0.25, -0.2) is 0 Å². The number of unbranched alkanes of at least 4 members (excludes halogenated alkanes) is 1. The Morgan fingerprint density at radius 2 is 1.95 bits per heavy atom. The third kappa shape index (κ3) is 6.25. The number of nitriles is 1. The van der Waals surface area contributed by atoms with Crippen LogP contribution in [0.25, 0.3) is 6.08 Å². The Labute approximate surface area is 227 Å². The Morgan fingerprint density at radius 3 is 2.54 bits per heavy atom. The summed E-state index contributed by atoms with van der Waals surface area (Å²) >= 11 is 6.64. The maximum atomic E-state index is 13.4. The highest BCUT2D eigenvalue weighted by Gasteiger charge is 2.34. The number of rotatable bonds is 10. The van der Waals surface area contributed by atoms with Gasteiger partial charge in [0.1, 0.15) is 21.8 Å². The summed E-state index contributed by atoms with van der Waals surface area (Å²) in [4.78, 5) is 43.0. The summed E-state index contributed by atoms with van der Waals surface area (Å²) < 4.78 is 12.4. The van der Waals surface area contributed by atoms with E-state index >= 15 is 0 Å². The lowest BCUT2D eigenvalue weighted by molar-refractivity contribution is -0.148. The summed E-state index contributed by atoms with van der Waals surface area (Å²) in [5.74, 6) is 0.0797. The van der Waals surface area contributed by atoms with Crippen molar-refractivity contribution in [3.63, 3.8) is 0 Å². The highest BCUT2D eigenvalue weighted by atomic mass is 32.2. The second kappa shape index (κ2) is 13.2. The van der Waals surface area contributed by atoms with Crippen molar-refractivity contribution in [1.29, 1.82) is 5.26 Å². The maximum absolute atomic E-state index is 13.4. The van der Waals surface area contributed by atoms with Crippen molar-refractivity contribution >= 4 is 52.1 Å². The molecule has 37 heavy (non-hydrogen) atoms. The van der Waals surface area contributed by atoms with Crippen LogP contribution in [0.1, 0.15) is 56.2 Å². The van der Waals surface area contributed by atoms with E-state index in [0.29, 0.717) is 78.4 Å². The Balaban J connectivity index is 2.11. The normalized spacial score (nSPS) is 17.5. The molecule has 0 saturated carbocycles. The highest BCUT2D eigenvalue weighted by molar-refractivity contribution is 8.26. The van der Waals surface area contributed by atoms with Gasteiger partial charge in [0, 0.05) is 32.3 Å². The molecule has 0 aliphatic carbocycles. The van der Waals surface area contributed by atoms with Crippen molar-refractivity contribution in [3.05, 3.63) is 31.9 Å². The second-order valence-corrected chi connectivity index (χ2v) is 10.7. The molecule has 2 aliphatic heterocycles. The lowest BCUT2D eigenvalue weighted by Crippen LogP contribution is -2.41. The Morgan fingerprint density at radius 1 is 1.24 bits per heavy atom. The standard InChI is InChI=1S/C26H34N4O5S2/c1-5-7-10-29-22(28-11-8-18(9-12-28)25(33)35-6-2)19(17(3)20(16-27)23(29)31)15-21-24(32)30(13-14-34-4)26(36)37-21/h15,18H,5-14H2,1-4H3/b21-15-. The largest absolute Gasteiger partial charge is 0.466 e. The molecule has 9 nitrogen and oxygen atoms in total. The fourth-order valence-electron chi connectivity index (χ4n) is 4.60. The van der Waals surface area contributed by atoms with E-state index in [9.17, 15) is 19.6 Å². The predicted octanol–water partition coefficient (Wildman–Crippen LogP) is 3.46. The van der Waals surface area contributed by atoms with Gasteiger partial charge in [-0.3, -0.25) is 23.9 Å². The van der Waals surface area contributed by atoms with E-state index < -0.39 is 0 Å². The maximum Gasteiger partial charge on any atom is 0.309 e. The number of hydrogen-bond donors (Lipinski definition) is 0. The first-order valence-corrected chi connectivity index (χ1v) is 13.8. The van der Waals surface area contributed by atoms with Crippen molar-refractivity contribution in [2.45, 2.75) is 53.0 Å². The first-order chi connectivity index (χ1) is 17.8. The van der Waals surface area contributed by atoms with Crippen molar-refractivity contribution < 1.29 is 19.1 Å². The Hall–Kier alpha value is -2.68. The number of thiocarbonyl (C=S) groups is 1. The molecule has 0 atom stereocenters. The molecule has 0 radical (unpaired) electrons.